The van der Waals surface area contributed by atoms with E-state index < -0.39 is 5.54 Å². The van der Waals surface area contributed by atoms with Gasteiger partial charge in [0.15, 0.2) is 0 Å². The van der Waals surface area contributed by atoms with Crippen LogP contribution in [0.3, 0.4) is 0 Å². The molecule has 0 bridgehead atoms. The van der Waals surface area contributed by atoms with Gasteiger partial charge in [-0.15, -0.1) is 0 Å². The number of rotatable bonds is 1. The first kappa shape index (κ1) is 13.0. The Morgan fingerprint density at radius 2 is 1.88 bits per heavy atom. The maximum atomic E-state index is 12.0. The van der Waals surface area contributed by atoms with Gasteiger partial charge >= 0.3 is 0 Å². The summed E-state index contributed by atoms with van der Waals surface area (Å²) in [6.45, 7) is 7.52. The Morgan fingerprint density at radius 1 is 1.31 bits per heavy atom. The largest absolute Gasteiger partial charge is 0.271 e. The van der Waals surface area contributed by atoms with E-state index in [0.29, 0.717) is 10.6 Å². The molecular weight excluding hydrogens is 224 g/mol. The molecule has 0 saturated heterocycles. The zero-order chi connectivity index (χ0) is 12.5. The van der Waals surface area contributed by atoms with Crippen molar-refractivity contribution in [2.24, 2.45) is 5.84 Å². The van der Waals surface area contributed by atoms with Crippen LogP contribution in [0.15, 0.2) is 18.2 Å². The quantitative estimate of drug-likeness (QED) is 0.466. The number of hydrogen-bond donors (Lipinski definition) is 1. The Bertz CT molecular complexity index is 390. The molecule has 0 aliphatic rings. The number of nitrogens with zero attached hydrogens (tertiary/aromatic N) is 1. The van der Waals surface area contributed by atoms with E-state index in [0.717, 1.165) is 5.56 Å². The number of carbonyl (C=O) groups is 1. The fourth-order valence-electron chi connectivity index (χ4n) is 1.30. The van der Waals surface area contributed by atoms with Crippen LogP contribution < -0.4 is 5.84 Å². The molecule has 0 fully saturated rings. The minimum Gasteiger partial charge on any atom is -0.271 e. The molecule has 0 heterocycles. The van der Waals surface area contributed by atoms with Gasteiger partial charge in [0.1, 0.15) is 0 Å². The summed E-state index contributed by atoms with van der Waals surface area (Å²) in [6, 6.07) is 5.21. The molecule has 0 saturated carbocycles. The summed E-state index contributed by atoms with van der Waals surface area (Å²) in [5.74, 6) is 5.54. The number of aryl methyl sites for hydroxylation is 1. The van der Waals surface area contributed by atoms with Crippen molar-refractivity contribution < 1.29 is 4.79 Å². The van der Waals surface area contributed by atoms with Gasteiger partial charge in [-0.2, -0.15) is 0 Å². The molecule has 16 heavy (non-hydrogen) atoms. The average molecular weight is 241 g/mol. The van der Waals surface area contributed by atoms with E-state index >= 15 is 0 Å². The molecule has 4 heteroatoms. The molecule has 1 rings (SSSR count). The molecule has 2 N–H and O–H groups in total. The van der Waals surface area contributed by atoms with E-state index in [1.165, 1.54) is 5.01 Å². The lowest BCUT2D eigenvalue weighted by atomic mass is 10.1. The van der Waals surface area contributed by atoms with Crippen molar-refractivity contribution in [1.82, 2.24) is 5.01 Å². The van der Waals surface area contributed by atoms with Gasteiger partial charge in [0, 0.05) is 10.6 Å². The van der Waals surface area contributed by atoms with Gasteiger partial charge in [0.05, 0.1) is 5.54 Å². The zero-order valence-corrected chi connectivity index (χ0v) is 10.8. The first-order valence-corrected chi connectivity index (χ1v) is 5.46. The smallest absolute Gasteiger partial charge is 0.268 e. The molecule has 0 unspecified atom stereocenters. The monoisotopic (exact) mass is 240 g/mol. The van der Waals surface area contributed by atoms with Crippen molar-refractivity contribution in [3.8, 4) is 0 Å². The lowest BCUT2D eigenvalue weighted by molar-refractivity contribution is 0.0582. The van der Waals surface area contributed by atoms with E-state index in [-0.39, 0.29) is 5.91 Å². The van der Waals surface area contributed by atoms with E-state index in [4.69, 9.17) is 17.4 Å². The third kappa shape index (κ3) is 2.97. The van der Waals surface area contributed by atoms with Crippen LogP contribution >= 0.6 is 11.6 Å². The second-order valence-corrected chi connectivity index (χ2v) is 5.30. The number of benzene rings is 1. The SMILES string of the molecule is Cc1cc(Cl)cc(C(=O)N(N)C(C)(C)C)c1. The maximum Gasteiger partial charge on any atom is 0.268 e. The highest BCUT2D eigenvalue weighted by Gasteiger charge is 2.24. The van der Waals surface area contributed by atoms with Crippen LogP contribution in [0.25, 0.3) is 0 Å². The van der Waals surface area contributed by atoms with Crippen LogP contribution in [0.1, 0.15) is 36.7 Å². The lowest BCUT2D eigenvalue weighted by Gasteiger charge is -2.31. The van der Waals surface area contributed by atoms with Crippen molar-refractivity contribution in [3.63, 3.8) is 0 Å². The predicted octanol–water partition coefficient (Wildman–Crippen LogP) is 2.76. The minimum absolute atomic E-state index is 0.224. The van der Waals surface area contributed by atoms with Gasteiger partial charge in [-0.25, -0.2) is 5.84 Å². The summed E-state index contributed by atoms with van der Waals surface area (Å²) in [5.41, 5.74) is 1.05. The number of halogens is 1. The highest BCUT2D eigenvalue weighted by atomic mass is 35.5. The highest BCUT2D eigenvalue weighted by molar-refractivity contribution is 6.31. The van der Waals surface area contributed by atoms with Crippen molar-refractivity contribution in [3.05, 3.63) is 34.3 Å². The van der Waals surface area contributed by atoms with Crippen LogP contribution in [0.4, 0.5) is 0 Å². The molecule has 88 valence electrons. The molecule has 0 spiro atoms. The molecule has 0 aliphatic carbocycles. The van der Waals surface area contributed by atoms with Gasteiger partial charge in [-0.1, -0.05) is 11.6 Å². The Labute approximate surface area is 101 Å². The molecule has 0 aliphatic heterocycles. The summed E-state index contributed by atoms with van der Waals surface area (Å²) in [5, 5.41) is 1.77. The van der Waals surface area contributed by atoms with Crippen molar-refractivity contribution in [2.75, 3.05) is 0 Å². The fourth-order valence-corrected chi connectivity index (χ4v) is 1.59. The van der Waals surface area contributed by atoms with Crippen LogP contribution in [0.2, 0.25) is 5.02 Å². The number of amides is 1. The Balaban J connectivity index is 3.06. The van der Waals surface area contributed by atoms with E-state index in [1.807, 2.05) is 27.7 Å². The minimum atomic E-state index is -0.409. The van der Waals surface area contributed by atoms with E-state index in [1.54, 1.807) is 18.2 Å². The fraction of sp³-hybridized carbons (Fsp3) is 0.417. The van der Waals surface area contributed by atoms with Gasteiger partial charge in [0.25, 0.3) is 5.91 Å². The van der Waals surface area contributed by atoms with E-state index in [2.05, 4.69) is 0 Å². The highest BCUT2D eigenvalue weighted by Crippen LogP contribution is 2.18. The summed E-state index contributed by atoms with van der Waals surface area (Å²) < 4.78 is 0. The van der Waals surface area contributed by atoms with Crippen LogP contribution in [-0.2, 0) is 0 Å². The molecule has 0 aromatic heterocycles. The number of hydrogen-bond acceptors (Lipinski definition) is 2. The van der Waals surface area contributed by atoms with Gasteiger partial charge in [0.2, 0.25) is 0 Å². The van der Waals surface area contributed by atoms with Crippen LogP contribution in [0, 0.1) is 6.92 Å². The summed E-state index contributed by atoms with van der Waals surface area (Å²) >= 11 is 5.90. The molecule has 3 nitrogen and oxygen atoms in total. The van der Waals surface area contributed by atoms with Crippen LogP contribution in [0.5, 0.6) is 0 Å². The Kier molecular flexibility index (Phi) is 3.61. The molecule has 1 amide bonds. The Morgan fingerprint density at radius 3 is 2.31 bits per heavy atom. The summed E-state index contributed by atoms with van der Waals surface area (Å²) in [6.07, 6.45) is 0. The lowest BCUT2D eigenvalue weighted by Crippen LogP contribution is -2.50. The first-order valence-electron chi connectivity index (χ1n) is 5.08. The number of carbonyl (C=O) groups excluding carboxylic acids is 1. The summed E-state index contributed by atoms with van der Waals surface area (Å²) in [4.78, 5) is 12.0. The van der Waals surface area contributed by atoms with Crippen molar-refractivity contribution in [2.45, 2.75) is 33.2 Å². The molecule has 0 atom stereocenters. The van der Waals surface area contributed by atoms with E-state index in [9.17, 15) is 4.79 Å². The maximum absolute atomic E-state index is 12.0. The number of hydrazine groups is 1. The van der Waals surface area contributed by atoms with Crippen molar-refractivity contribution in [1.29, 1.82) is 0 Å². The Hall–Kier alpha value is -1.06. The molecule has 1 aromatic carbocycles. The second kappa shape index (κ2) is 4.44. The molecular formula is C12H17ClN2O. The predicted molar refractivity (Wildman–Crippen MR) is 66.3 cm³/mol. The topological polar surface area (TPSA) is 46.3 Å². The molecule has 1 aromatic rings. The van der Waals surface area contributed by atoms with Gasteiger partial charge in [-0.3, -0.25) is 9.80 Å². The zero-order valence-electron chi connectivity index (χ0n) is 10.0. The third-order valence-corrected chi connectivity index (χ3v) is 2.45. The van der Waals surface area contributed by atoms with Gasteiger partial charge < -0.3 is 0 Å². The second-order valence-electron chi connectivity index (χ2n) is 4.86. The third-order valence-electron chi connectivity index (χ3n) is 2.23. The van der Waals surface area contributed by atoms with Crippen LogP contribution in [-0.4, -0.2) is 16.5 Å². The average Bonchev–Trinajstić information content (AvgIpc) is 2.12. The first-order chi connectivity index (χ1) is 7.21. The van der Waals surface area contributed by atoms with Gasteiger partial charge in [-0.05, 0) is 51.5 Å². The molecule has 0 radical (unpaired) electrons. The van der Waals surface area contributed by atoms with Crippen molar-refractivity contribution >= 4 is 17.5 Å². The number of nitrogens with two attached hydrogens (primary N) is 1. The summed E-state index contributed by atoms with van der Waals surface area (Å²) in [7, 11) is 0. The normalized spacial score (nSPS) is 11.4. The standard InChI is InChI=1S/C12H17ClN2O/c1-8-5-9(7-10(13)6-8)11(16)15(14)12(2,3)4/h5-7H,14H2,1-4H3.